The number of hydrogen-bond donors (Lipinski definition) is 1. The number of amides is 1. The van der Waals surface area contributed by atoms with Gasteiger partial charge >= 0.3 is 0 Å². The van der Waals surface area contributed by atoms with E-state index in [1.165, 1.54) is 4.88 Å². The van der Waals surface area contributed by atoms with E-state index < -0.39 is 6.04 Å². The van der Waals surface area contributed by atoms with Crippen molar-refractivity contribution in [2.75, 3.05) is 25.1 Å². The molecule has 1 aliphatic rings. The number of benzene rings is 2. The second-order valence-electron chi connectivity index (χ2n) is 9.23. The van der Waals surface area contributed by atoms with Crippen molar-refractivity contribution in [2.24, 2.45) is 4.99 Å². The van der Waals surface area contributed by atoms with Crippen LogP contribution in [-0.4, -0.2) is 46.2 Å². The van der Waals surface area contributed by atoms with Crippen LogP contribution >= 0.6 is 22.9 Å². The Morgan fingerprint density at radius 1 is 1.05 bits per heavy atom. The predicted molar refractivity (Wildman–Crippen MR) is 155 cm³/mol. The molecule has 2 aromatic carbocycles. The lowest BCUT2D eigenvalue weighted by Gasteiger charge is -2.13. The molecule has 5 rings (SSSR count). The minimum absolute atomic E-state index is 0.106. The Kier molecular flexibility index (Phi) is 8.11. The number of carbonyl (C=O) groups is 1. The normalized spacial score (nSPS) is 14.3. The highest BCUT2D eigenvalue weighted by atomic mass is 35.5. The molecule has 0 saturated heterocycles. The van der Waals surface area contributed by atoms with Gasteiger partial charge in [0.05, 0.1) is 18.7 Å². The summed E-state index contributed by atoms with van der Waals surface area (Å²) in [6.45, 7) is 9.74. The zero-order chi connectivity index (χ0) is 27.5. The molecule has 2 aromatic heterocycles. The van der Waals surface area contributed by atoms with E-state index in [1.54, 1.807) is 11.3 Å². The van der Waals surface area contributed by atoms with Crippen LogP contribution in [0.1, 0.15) is 52.6 Å². The number of ether oxygens (including phenoxy) is 2. The van der Waals surface area contributed by atoms with E-state index in [9.17, 15) is 4.79 Å². The molecule has 1 aliphatic heterocycles. The van der Waals surface area contributed by atoms with Crippen LogP contribution in [0, 0.1) is 20.8 Å². The fourth-order valence-electron chi connectivity index (χ4n) is 4.52. The van der Waals surface area contributed by atoms with Crippen molar-refractivity contribution < 1.29 is 14.3 Å². The molecule has 3 heterocycles. The van der Waals surface area contributed by atoms with Crippen molar-refractivity contribution in [1.29, 1.82) is 0 Å². The second kappa shape index (κ2) is 11.7. The Morgan fingerprint density at radius 2 is 1.79 bits per heavy atom. The summed E-state index contributed by atoms with van der Waals surface area (Å²) in [5, 5.41) is 13.5. The van der Waals surface area contributed by atoms with Gasteiger partial charge in [0.1, 0.15) is 29.2 Å². The molecule has 0 radical (unpaired) electrons. The molecule has 0 saturated carbocycles. The highest BCUT2D eigenvalue weighted by molar-refractivity contribution is 7.15. The summed E-state index contributed by atoms with van der Waals surface area (Å²) in [7, 11) is 0. The van der Waals surface area contributed by atoms with E-state index >= 15 is 0 Å². The summed E-state index contributed by atoms with van der Waals surface area (Å²) in [5.41, 5.74) is 4.61. The van der Waals surface area contributed by atoms with Gasteiger partial charge in [-0.3, -0.25) is 14.4 Å². The maximum atomic E-state index is 13.3. The van der Waals surface area contributed by atoms with Gasteiger partial charge in [-0.15, -0.1) is 21.5 Å². The van der Waals surface area contributed by atoms with Crippen LogP contribution in [0.25, 0.3) is 5.00 Å². The molecule has 0 fully saturated rings. The number of hydrogen-bond acceptors (Lipinski definition) is 7. The van der Waals surface area contributed by atoms with Gasteiger partial charge in [-0.05, 0) is 69.7 Å². The molecular formula is C29H30ClN5O3S. The third-order valence-electron chi connectivity index (χ3n) is 6.57. The number of fused-ring (bicyclic) bond motifs is 3. The first-order valence-electron chi connectivity index (χ1n) is 12.8. The summed E-state index contributed by atoms with van der Waals surface area (Å²) in [4.78, 5) is 19.6. The topological polar surface area (TPSA) is 90.6 Å². The van der Waals surface area contributed by atoms with Crippen LogP contribution in [-0.2, 0) is 9.53 Å². The van der Waals surface area contributed by atoms with Gasteiger partial charge in [-0.25, -0.2) is 0 Å². The van der Waals surface area contributed by atoms with E-state index in [-0.39, 0.29) is 12.3 Å². The minimum Gasteiger partial charge on any atom is -0.491 e. The third-order valence-corrected chi connectivity index (χ3v) is 8.02. The van der Waals surface area contributed by atoms with E-state index in [0.29, 0.717) is 42.1 Å². The molecule has 4 aromatic rings. The highest BCUT2D eigenvalue weighted by Crippen LogP contribution is 2.39. The molecule has 1 amide bonds. The maximum absolute atomic E-state index is 13.3. The van der Waals surface area contributed by atoms with Crippen LogP contribution in [0.3, 0.4) is 0 Å². The second-order valence-corrected chi connectivity index (χ2v) is 10.9. The third kappa shape index (κ3) is 5.75. The summed E-state index contributed by atoms with van der Waals surface area (Å²) in [6, 6.07) is 14.4. The van der Waals surface area contributed by atoms with Gasteiger partial charge in [0.2, 0.25) is 5.91 Å². The Morgan fingerprint density at radius 3 is 2.51 bits per heavy atom. The zero-order valence-corrected chi connectivity index (χ0v) is 23.9. The van der Waals surface area contributed by atoms with Gasteiger partial charge in [-0.2, -0.15) is 0 Å². The Balaban J connectivity index is 1.43. The number of anilines is 1. The molecule has 8 nitrogen and oxygen atoms in total. The van der Waals surface area contributed by atoms with E-state index in [0.717, 1.165) is 33.2 Å². The van der Waals surface area contributed by atoms with Gasteiger partial charge in [0.15, 0.2) is 5.82 Å². The fourth-order valence-corrected chi connectivity index (χ4v) is 5.86. The number of aryl methyl sites for hydroxylation is 2. The van der Waals surface area contributed by atoms with Gasteiger partial charge in [0.25, 0.3) is 0 Å². The summed E-state index contributed by atoms with van der Waals surface area (Å²) < 4.78 is 13.0. The molecule has 1 atom stereocenters. The number of aliphatic imine (C=N–C) groups is 1. The van der Waals surface area contributed by atoms with Gasteiger partial charge in [0, 0.05) is 33.3 Å². The fraction of sp³-hybridized carbons (Fsp3) is 0.310. The summed E-state index contributed by atoms with van der Waals surface area (Å²) in [5.74, 6) is 1.95. The van der Waals surface area contributed by atoms with Crippen LogP contribution in [0.4, 0.5) is 5.69 Å². The van der Waals surface area contributed by atoms with Crippen molar-refractivity contribution in [3.63, 3.8) is 0 Å². The summed E-state index contributed by atoms with van der Waals surface area (Å²) >= 11 is 7.87. The molecular weight excluding hydrogens is 534 g/mol. The molecule has 1 N–H and O–H groups in total. The quantitative estimate of drug-likeness (QED) is 0.243. The Hall–Kier alpha value is -3.53. The van der Waals surface area contributed by atoms with Gasteiger partial charge in [-0.1, -0.05) is 23.7 Å². The first-order chi connectivity index (χ1) is 18.9. The molecule has 0 bridgehead atoms. The molecule has 10 heteroatoms. The number of nitrogens with one attached hydrogen (secondary N) is 1. The standard InChI is InChI=1S/C29H30ClN5O3S/c1-5-37-14-15-38-23-12-10-22(11-13-23)31-25(36)16-24-28-34-33-19(4)35(28)29-26(17(2)18(3)39-29)27(32-24)20-6-8-21(30)9-7-20/h6-13,24H,5,14-16H2,1-4H3,(H,31,36)/t24-/m0/s1. The van der Waals surface area contributed by atoms with Crippen LogP contribution in [0.15, 0.2) is 53.5 Å². The van der Waals surface area contributed by atoms with Gasteiger partial charge < -0.3 is 14.8 Å². The number of halogens is 1. The average Bonchev–Trinajstić information content (AvgIpc) is 3.40. The van der Waals surface area contributed by atoms with E-state index in [2.05, 4.69) is 29.4 Å². The summed E-state index contributed by atoms with van der Waals surface area (Å²) in [6.07, 6.45) is 0.106. The van der Waals surface area contributed by atoms with Crippen LogP contribution in [0.5, 0.6) is 5.75 Å². The number of thiophene rings is 1. The lowest BCUT2D eigenvalue weighted by Crippen LogP contribution is -2.17. The largest absolute Gasteiger partial charge is 0.491 e. The lowest BCUT2D eigenvalue weighted by molar-refractivity contribution is -0.116. The number of carbonyl (C=O) groups excluding carboxylic acids is 1. The van der Waals surface area contributed by atoms with Crippen molar-refractivity contribution in [3.8, 4) is 10.8 Å². The lowest BCUT2D eigenvalue weighted by atomic mass is 9.99. The molecule has 202 valence electrons. The highest BCUT2D eigenvalue weighted by Gasteiger charge is 2.32. The SMILES string of the molecule is CCOCCOc1ccc(NC(=O)C[C@@H]2N=C(c3ccc(Cl)cc3)c3c(sc(C)c3C)-n3c(C)nnc32)cc1. The zero-order valence-electron chi connectivity index (χ0n) is 22.3. The predicted octanol–water partition coefficient (Wildman–Crippen LogP) is 6.24. The molecule has 0 aliphatic carbocycles. The van der Waals surface area contributed by atoms with Crippen LogP contribution < -0.4 is 10.1 Å². The smallest absolute Gasteiger partial charge is 0.227 e. The average molecular weight is 564 g/mol. The molecule has 0 spiro atoms. The first-order valence-corrected chi connectivity index (χ1v) is 14.0. The van der Waals surface area contributed by atoms with Crippen molar-refractivity contribution in [1.82, 2.24) is 14.8 Å². The Bertz CT molecular complexity index is 1510. The van der Waals surface area contributed by atoms with E-state index in [1.807, 2.05) is 66.9 Å². The van der Waals surface area contributed by atoms with E-state index in [4.69, 9.17) is 26.1 Å². The first kappa shape index (κ1) is 27.1. The minimum atomic E-state index is -0.530. The van der Waals surface area contributed by atoms with Crippen molar-refractivity contribution in [2.45, 2.75) is 40.2 Å². The molecule has 0 unspecified atom stereocenters. The Labute approximate surface area is 236 Å². The van der Waals surface area contributed by atoms with Crippen molar-refractivity contribution >= 4 is 40.2 Å². The number of rotatable bonds is 9. The number of aromatic nitrogens is 3. The van der Waals surface area contributed by atoms with Crippen molar-refractivity contribution in [3.05, 3.63) is 86.8 Å². The number of nitrogens with zero attached hydrogens (tertiary/aromatic N) is 4. The monoisotopic (exact) mass is 563 g/mol. The van der Waals surface area contributed by atoms with Crippen LogP contribution in [0.2, 0.25) is 5.02 Å². The molecule has 39 heavy (non-hydrogen) atoms. The maximum Gasteiger partial charge on any atom is 0.227 e.